The zero-order valence-electron chi connectivity index (χ0n) is 14.9. The molecule has 0 saturated heterocycles. The van der Waals surface area contributed by atoms with Crippen LogP contribution in [-0.2, 0) is 9.53 Å². The monoisotopic (exact) mass is 409 g/mol. The van der Waals surface area contributed by atoms with E-state index in [0.717, 1.165) is 18.9 Å². The van der Waals surface area contributed by atoms with Gasteiger partial charge in [0.05, 0.1) is 4.88 Å². The van der Waals surface area contributed by atoms with Crippen molar-refractivity contribution in [3.8, 4) is 11.8 Å². The fourth-order valence-corrected chi connectivity index (χ4v) is 2.65. The summed E-state index contributed by atoms with van der Waals surface area (Å²) in [7, 11) is 0.979. The SMILES string of the molecule is COC(C)(C(F)F)C(NC(=O)c1ccc(C#Cc2ccns2)cc1)C(=O)NO. The Morgan fingerprint density at radius 2 is 1.93 bits per heavy atom. The van der Waals surface area contributed by atoms with Gasteiger partial charge in [0.1, 0.15) is 6.04 Å². The zero-order valence-corrected chi connectivity index (χ0v) is 15.7. The Kier molecular flexibility index (Phi) is 7.17. The van der Waals surface area contributed by atoms with E-state index < -0.39 is 29.9 Å². The molecule has 0 saturated carbocycles. The number of benzene rings is 1. The van der Waals surface area contributed by atoms with E-state index in [1.807, 2.05) is 0 Å². The van der Waals surface area contributed by atoms with Gasteiger partial charge < -0.3 is 10.1 Å². The van der Waals surface area contributed by atoms with Crippen molar-refractivity contribution in [2.45, 2.75) is 25.0 Å². The molecule has 1 aromatic carbocycles. The van der Waals surface area contributed by atoms with Gasteiger partial charge in [-0.25, -0.2) is 14.3 Å². The maximum atomic E-state index is 13.4. The molecule has 0 aliphatic heterocycles. The molecule has 1 aromatic heterocycles. The van der Waals surface area contributed by atoms with Gasteiger partial charge in [0.15, 0.2) is 5.60 Å². The van der Waals surface area contributed by atoms with E-state index in [4.69, 9.17) is 9.94 Å². The minimum Gasteiger partial charge on any atom is -0.370 e. The lowest BCUT2D eigenvalue weighted by atomic mass is 9.95. The number of methoxy groups -OCH3 is 1. The van der Waals surface area contributed by atoms with Crippen molar-refractivity contribution in [1.29, 1.82) is 0 Å². The third kappa shape index (κ3) is 4.89. The Morgan fingerprint density at radius 3 is 2.43 bits per heavy atom. The van der Waals surface area contributed by atoms with Crippen molar-refractivity contribution in [2.75, 3.05) is 7.11 Å². The molecule has 0 bridgehead atoms. The molecule has 1 heterocycles. The molecule has 28 heavy (non-hydrogen) atoms. The van der Waals surface area contributed by atoms with Crippen LogP contribution in [0.1, 0.15) is 27.7 Å². The molecule has 148 valence electrons. The highest BCUT2D eigenvalue weighted by atomic mass is 32.1. The second kappa shape index (κ2) is 9.36. The van der Waals surface area contributed by atoms with Crippen LogP contribution in [0.25, 0.3) is 0 Å². The molecule has 0 aliphatic carbocycles. The minimum atomic E-state index is -3.11. The van der Waals surface area contributed by atoms with Crippen LogP contribution in [0.4, 0.5) is 8.78 Å². The molecule has 0 fully saturated rings. The molecule has 2 unspecified atom stereocenters. The first kappa shape index (κ1) is 21.4. The first-order valence-corrected chi connectivity index (χ1v) is 8.70. The average molecular weight is 409 g/mol. The van der Waals surface area contributed by atoms with Gasteiger partial charge in [0.2, 0.25) is 0 Å². The van der Waals surface area contributed by atoms with E-state index in [-0.39, 0.29) is 5.56 Å². The molecule has 3 N–H and O–H groups in total. The standard InChI is InChI=1S/C18H17F2N3O4S/c1-18(27-2,17(19)20)14(16(25)23-26)22-15(24)12-6-3-11(4-7-12)5-8-13-9-10-21-28-13/h3-4,6-7,9-10,14,17,26H,1-2H3,(H,22,24)(H,23,25). The summed E-state index contributed by atoms with van der Waals surface area (Å²) in [6.45, 7) is 0.954. The Hall–Kier alpha value is -2.87. The number of hydrogen-bond acceptors (Lipinski definition) is 6. The largest absolute Gasteiger partial charge is 0.370 e. The van der Waals surface area contributed by atoms with Gasteiger partial charge in [0, 0.05) is 24.4 Å². The van der Waals surface area contributed by atoms with Crippen molar-refractivity contribution in [3.05, 3.63) is 52.5 Å². The smallest absolute Gasteiger partial charge is 0.269 e. The topological polar surface area (TPSA) is 101 Å². The summed E-state index contributed by atoms with van der Waals surface area (Å²) in [6.07, 6.45) is -1.47. The quantitative estimate of drug-likeness (QED) is 0.384. The summed E-state index contributed by atoms with van der Waals surface area (Å²) in [6, 6.07) is 5.96. The first-order chi connectivity index (χ1) is 13.3. The average Bonchev–Trinajstić information content (AvgIpc) is 3.23. The number of ether oxygens (including phenoxy) is 1. The molecule has 10 heteroatoms. The molecule has 2 rings (SSSR count). The Labute approximate surface area is 163 Å². The minimum absolute atomic E-state index is 0.117. The van der Waals surface area contributed by atoms with Gasteiger partial charge in [-0.15, -0.1) is 0 Å². The van der Waals surface area contributed by atoms with E-state index in [1.54, 1.807) is 24.4 Å². The van der Waals surface area contributed by atoms with Crippen molar-refractivity contribution < 1.29 is 28.3 Å². The summed E-state index contributed by atoms with van der Waals surface area (Å²) >= 11 is 1.25. The molecule has 0 radical (unpaired) electrons. The van der Waals surface area contributed by atoms with Gasteiger partial charge >= 0.3 is 0 Å². The van der Waals surface area contributed by atoms with E-state index in [9.17, 15) is 18.4 Å². The number of halogens is 2. The Balaban J connectivity index is 2.18. The van der Waals surface area contributed by atoms with Gasteiger partial charge in [-0.2, -0.15) is 4.37 Å². The van der Waals surface area contributed by atoms with Crippen LogP contribution in [0.5, 0.6) is 0 Å². The van der Waals surface area contributed by atoms with E-state index in [2.05, 4.69) is 21.5 Å². The van der Waals surface area contributed by atoms with E-state index >= 15 is 0 Å². The number of alkyl halides is 2. The predicted octanol–water partition coefficient (Wildman–Crippen LogP) is 1.82. The number of carbonyl (C=O) groups is 2. The van der Waals surface area contributed by atoms with Gasteiger partial charge in [-0.1, -0.05) is 5.92 Å². The fraction of sp³-hybridized carbons (Fsp3) is 0.278. The first-order valence-electron chi connectivity index (χ1n) is 7.92. The van der Waals surface area contributed by atoms with Crippen LogP contribution in [0.2, 0.25) is 0 Å². The van der Waals surface area contributed by atoms with Crippen LogP contribution in [0.15, 0.2) is 36.5 Å². The molecular formula is C18H17F2N3O4S. The van der Waals surface area contributed by atoms with Crippen LogP contribution in [0.3, 0.4) is 0 Å². The molecular weight excluding hydrogens is 392 g/mol. The second-order valence-corrected chi connectivity index (χ2v) is 6.61. The molecule has 2 amide bonds. The van der Waals surface area contributed by atoms with Crippen molar-refractivity contribution in [3.63, 3.8) is 0 Å². The van der Waals surface area contributed by atoms with Crippen LogP contribution in [-0.4, -0.2) is 46.6 Å². The van der Waals surface area contributed by atoms with Crippen LogP contribution >= 0.6 is 11.5 Å². The lowest BCUT2D eigenvalue weighted by molar-refractivity contribution is -0.157. The van der Waals surface area contributed by atoms with Crippen LogP contribution in [0, 0.1) is 11.8 Å². The highest BCUT2D eigenvalue weighted by Gasteiger charge is 2.48. The van der Waals surface area contributed by atoms with Crippen LogP contribution < -0.4 is 10.8 Å². The van der Waals surface area contributed by atoms with Gasteiger partial charge in [-0.3, -0.25) is 14.8 Å². The summed E-state index contributed by atoms with van der Waals surface area (Å²) in [5, 5.41) is 11.0. The van der Waals surface area contributed by atoms with E-state index in [0.29, 0.717) is 5.56 Å². The lowest BCUT2D eigenvalue weighted by Gasteiger charge is -2.34. The molecule has 7 nitrogen and oxygen atoms in total. The number of nitrogens with zero attached hydrogens (tertiary/aromatic N) is 1. The third-order valence-corrected chi connectivity index (χ3v) is 4.67. The summed E-state index contributed by atoms with van der Waals surface area (Å²) in [5.41, 5.74) is -0.332. The van der Waals surface area contributed by atoms with Crippen molar-refractivity contribution >= 4 is 23.3 Å². The van der Waals surface area contributed by atoms with E-state index in [1.165, 1.54) is 29.1 Å². The third-order valence-electron chi connectivity index (χ3n) is 4.01. The van der Waals surface area contributed by atoms with Crippen molar-refractivity contribution in [1.82, 2.24) is 15.2 Å². The predicted molar refractivity (Wildman–Crippen MR) is 97.1 cm³/mol. The maximum absolute atomic E-state index is 13.4. The van der Waals surface area contributed by atoms with Gasteiger partial charge in [-0.05, 0) is 54.7 Å². The summed E-state index contributed by atoms with van der Waals surface area (Å²) in [5.74, 6) is 3.79. The maximum Gasteiger partial charge on any atom is 0.269 e. The fourth-order valence-electron chi connectivity index (χ4n) is 2.20. The number of hydroxylamine groups is 1. The normalized spacial score (nSPS) is 13.8. The highest BCUT2D eigenvalue weighted by molar-refractivity contribution is 7.06. The lowest BCUT2D eigenvalue weighted by Crippen LogP contribution is -2.62. The molecule has 0 spiro atoms. The zero-order chi connectivity index (χ0) is 20.7. The summed E-state index contributed by atoms with van der Waals surface area (Å²) < 4.78 is 35.4. The number of rotatable bonds is 6. The summed E-state index contributed by atoms with van der Waals surface area (Å²) in [4.78, 5) is 25.0. The Morgan fingerprint density at radius 1 is 1.25 bits per heavy atom. The van der Waals surface area contributed by atoms with Gasteiger partial charge in [0.25, 0.3) is 18.2 Å². The molecule has 2 atom stereocenters. The molecule has 0 aliphatic rings. The number of carbonyl (C=O) groups excluding carboxylic acids is 2. The van der Waals surface area contributed by atoms with Crippen molar-refractivity contribution in [2.24, 2.45) is 0 Å². The number of hydrogen-bond donors (Lipinski definition) is 3. The Bertz CT molecular complexity index is 878. The second-order valence-electron chi connectivity index (χ2n) is 5.78. The molecule has 2 aromatic rings. The number of aromatic nitrogens is 1. The number of amides is 2. The highest BCUT2D eigenvalue weighted by Crippen LogP contribution is 2.24. The number of nitrogens with one attached hydrogen (secondary N) is 2.